The Balaban J connectivity index is 2.74. The molecule has 0 saturated heterocycles. The standard InChI is InChI=1S/C9H13N2/c1-2-11-9-5-3-4-8(6-9)7-10/h3-6,10-11H,2,7H2,1H3. The Morgan fingerprint density at radius 2 is 2.27 bits per heavy atom. The van der Waals surface area contributed by atoms with E-state index in [-0.39, 0.29) is 0 Å². The molecule has 59 valence electrons. The third kappa shape index (κ3) is 2.24. The molecule has 0 aliphatic heterocycles. The molecule has 2 nitrogen and oxygen atoms in total. The first-order valence-corrected chi connectivity index (χ1v) is 3.84. The minimum Gasteiger partial charge on any atom is -0.385 e. The van der Waals surface area contributed by atoms with Gasteiger partial charge in [-0.15, -0.1) is 0 Å². The van der Waals surface area contributed by atoms with E-state index in [1.54, 1.807) is 0 Å². The van der Waals surface area contributed by atoms with Crippen LogP contribution in [0.25, 0.3) is 0 Å². The van der Waals surface area contributed by atoms with Crippen LogP contribution in [0.2, 0.25) is 0 Å². The lowest BCUT2D eigenvalue weighted by Gasteiger charge is -2.03. The third-order valence-electron chi connectivity index (χ3n) is 1.51. The van der Waals surface area contributed by atoms with Crippen LogP contribution >= 0.6 is 0 Å². The first kappa shape index (κ1) is 8.08. The zero-order chi connectivity index (χ0) is 8.10. The molecule has 1 rings (SSSR count). The highest BCUT2D eigenvalue weighted by molar-refractivity contribution is 5.45. The summed E-state index contributed by atoms with van der Waals surface area (Å²) in [7, 11) is 0. The van der Waals surface area contributed by atoms with Crippen LogP contribution in [0.3, 0.4) is 0 Å². The van der Waals surface area contributed by atoms with Gasteiger partial charge in [0.25, 0.3) is 0 Å². The van der Waals surface area contributed by atoms with Crippen molar-refractivity contribution in [2.45, 2.75) is 13.5 Å². The number of hydrogen-bond donors (Lipinski definition) is 1. The lowest BCUT2D eigenvalue weighted by atomic mass is 10.2. The predicted molar refractivity (Wildman–Crippen MR) is 47.4 cm³/mol. The fourth-order valence-corrected chi connectivity index (χ4v) is 0.995. The van der Waals surface area contributed by atoms with Gasteiger partial charge in [-0.25, -0.2) is 0 Å². The maximum atomic E-state index is 7.14. The van der Waals surface area contributed by atoms with Crippen molar-refractivity contribution in [3.05, 3.63) is 29.8 Å². The number of nitrogens with one attached hydrogen (secondary N) is 2. The van der Waals surface area contributed by atoms with Gasteiger partial charge in [0.05, 0.1) is 0 Å². The van der Waals surface area contributed by atoms with E-state index in [0.717, 1.165) is 17.8 Å². The molecule has 2 N–H and O–H groups in total. The van der Waals surface area contributed by atoms with E-state index in [1.165, 1.54) is 0 Å². The van der Waals surface area contributed by atoms with Gasteiger partial charge in [0.1, 0.15) is 0 Å². The molecule has 0 aromatic heterocycles. The van der Waals surface area contributed by atoms with Crippen LogP contribution in [0, 0.1) is 0 Å². The molecule has 0 atom stereocenters. The second-order valence-corrected chi connectivity index (χ2v) is 2.41. The van der Waals surface area contributed by atoms with Crippen molar-refractivity contribution in [2.24, 2.45) is 0 Å². The molecule has 2 heteroatoms. The molecule has 0 heterocycles. The highest BCUT2D eigenvalue weighted by Crippen LogP contribution is 2.09. The molecule has 0 aliphatic carbocycles. The van der Waals surface area contributed by atoms with Gasteiger partial charge in [-0.2, -0.15) is 0 Å². The highest BCUT2D eigenvalue weighted by atomic mass is 14.8. The molecule has 0 unspecified atom stereocenters. The highest BCUT2D eigenvalue weighted by Gasteiger charge is 1.90. The zero-order valence-electron chi connectivity index (χ0n) is 6.72. The van der Waals surface area contributed by atoms with Gasteiger partial charge in [0.15, 0.2) is 0 Å². The average Bonchev–Trinajstić information content (AvgIpc) is 2.06. The largest absolute Gasteiger partial charge is 0.385 e. The van der Waals surface area contributed by atoms with Crippen LogP contribution in [-0.2, 0) is 6.54 Å². The number of anilines is 1. The molecule has 0 fully saturated rings. The topological polar surface area (TPSA) is 35.8 Å². The lowest BCUT2D eigenvalue weighted by molar-refractivity contribution is 1.03. The Labute approximate surface area is 67.4 Å². The fraction of sp³-hybridized carbons (Fsp3) is 0.333. The molecule has 1 aromatic carbocycles. The van der Waals surface area contributed by atoms with E-state index in [4.69, 9.17) is 5.73 Å². The summed E-state index contributed by atoms with van der Waals surface area (Å²) in [5.41, 5.74) is 9.31. The SMILES string of the molecule is CCNc1cccc(C[NH])c1. The fourth-order valence-electron chi connectivity index (χ4n) is 0.995. The Hall–Kier alpha value is -1.02. The first-order chi connectivity index (χ1) is 5.36. The van der Waals surface area contributed by atoms with Gasteiger partial charge in [-0.05, 0) is 24.6 Å². The van der Waals surface area contributed by atoms with Gasteiger partial charge >= 0.3 is 0 Å². The van der Waals surface area contributed by atoms with Crippen molar-refractivity contribution in [3.63, 3.8) is 0 Å². The van der Waals surface area contributed by atoms with E-state index in [0.29, 0.717) is 6.54 Å². The predicted octanol–water partition coefficient (Wildman–Crippen LogP) is 1.90. The van der Waals surface area contributed by atoms with E-state index in [9.17, 15) is 0 Å². The van der Waals surface area contributed by atoms with Crippen LogP contribution in [0.4, 0.5) is 5.69 Å². The summed E-state index contributed by atoms with van der Waals surface area (Å²) in [6.45, 7) is 3.36. The normalized spacial score (nSPS) is 9.64. The maximum absolute atomic E-state index is 7.14. The quantitative estimate of drug-likeness (QED) is 0.700. The van der Waals surface area contributed by atoms with Gasteiger partial charge < -0.3 is 5.32 Å². The summed E-state index contributed by atoms with van der Waals surface area (Å²) in [5.74, 6) is 0. The van der Waals surface area contributed by atoms with E-state index >= 15 is 0 Å². The smallest absolute Gasteiger partial charge is 0.0351 e. The second kappa shape index (κ2) is 3.98. The Bertz CT molecular complexity index is 221. The second-order valence-electron chi connectivity index (χ2n) is 2.41. The number of benzene rings is 1. The van der Waals surface area contributed by atoms with Crippen LogP contribution in [0.15, 0.2) is 24.3 Å². The van der Waals surface area contributed by atoms with E-state index in [1.807, 2.05) is 24.3 Å². The molecule has 0 bridgehead atoms. The molecule has 1 aromatic rings. The van der Waals surface area contributed by atoms with Crippen molar-refractivity contribution >= 4 is 5.69 Å². The molecule has 0 amide bonds. The summed E-state index contributed by atoms with van der Waals surface area (Å²) < 4.78 is 0. The summed E-state index contributed by atoms with van der Waals surface area (Å²) in [5, 5.41) is 3.20. The van der Waals surface area contributed by atoms with Crippen LogP contribution in [0.5, 0.6) is 0 Å². The molecule has 11 heavy (non-hydrogen) atoms. The lowest BCUT2D eigenvalue weighted by Crippen LogP contribution is -1.96. The monoisotopic (exact) mass is 149 g/mol. The molecular formula is C9H13N2. The number of rotatable bonds is 3. The van der Waals surface area contributed by atoms with Crippen molar-refractivity contribution in [2.75, 3.05) is 11.9 Å². The molecule has 0 spiro atoms. The Kier molecular flexibility index (Phi) is 2.93. The minimum absolute atomic E-state index is 0.360. The Morgan fingerprint density at radius 3 is 2.91 bits per heavy atom. The molecule has 0 aliphatic rings. The molecule has 0 saturated carbocycles. The zero-order valence-corrected chi connectivity index (χ0v) is 6.72. The van der Waals surface area contributed by atoms with Gasteiger partial charge in [-0.3, -0.25) is 5.73 Å². The number of hydrogen-bond acceptors (Lipinski definition) is 1. The van der Waals surface area contributed by atoms with Gasteiger partial charge in [0, 0.05) is 18.8 Å². The molecule has 1 radical (unpaired) electrons. The average molecular weight is 149 g/mol. The third-order valence-corrected chi connectivity index (χ3v) is 1.51. The summed E-state index contributed by atoms with van der Waals surface area (Å²) in [6, 6.07) is 7.97. The first-order valence-electron chi connectivity index (χ1n) is 3.84. The van der Waals surface area contributed by atoms with Crippen LogP contribution in [0.1, 0.15) is 12.5 Å². The van der Waals surface area contributed by atoms with Gasteiger partial charge in [0.2, 0.25) is 0 Å². The van der Waals surface area contributed by atoms with E-state index < -0.39 is 0 Å². The minimum atomic E-state index is 0.360. The Morgan fingerprint density at radius 1 is 1.45 bits per heavy atom. The van der Waals surface area contributed by atoms with Crippen molar-refractivity contribution in [1.82, 2.24) is 5.73 Å². The van der Waals surface area contributed by atoms with Crippen molar-refractivity contribution < 1.29 is 0 Å². The van der Waals surface area contributed by atoms with Gasteiger partial charge in [-0.1, -0.05) is 12.1 Å². The summed E-state index contributed by atoms with van der Waals surface area (Å²) >= 11 is 0. The van der Waals surface area contributed by atoms with E-state index in [2.05, 4.69) is 12.2 Å². The molecular weight excluding hydrogens is 136 g/mol. The van der Waals surface area contributed by atoms with Crippen LogP contribution in [-0.4, -0.2) is 6.54 Å². The summed E-state index contributed by atoms with van der Waals surface area (Å²) in [6.07, 6.45) is 0. The van der Waals surface area contributed by atoms with Crippen molar-refractivity contribution in [1.29, 1.82) is 0 Å². The summed E-state index contributed by atoms with van der Waals surface area (Å²) in [4.78, 5) is 0. The maximum Gasteiger partial charge on any atom is 0.0351 e. The van der Waals surface area contributed by atoms with Crippen LogP contribution < -0.4 is 11.1 Å². The van der Waals surface area contributed by atoms with Crippen molar-refractivity contribution in [3.8, 4) is 0 Å².